The summed E-state index contributed by atoms with van der Waals surface area (Å²) < 4.78 is 16.0. The number of hydrogen-bond donors (Lipinski definition) is 2. The Balaban J connectivity index is 1.77. The maximum absolute atomic E-state index is 5.50. The fourth-order valence-corrected chi connectivity index (χ4v) is 2.55. The molecule has 0 aliphatic heterocycles. The first-order valence-electron chi connectivity index (χ1n) is 8.89. The molecule has 1 fully saturated rings. The van der Waals surface area contributed by atoms with E-state index in [4.69, 9.17) is 18.9 Å². The maximum Gasteiger partial charge on any atom is 0.191 e. The molecule has 1 aliphatic rings. The van der Waals surface area contributed by atoms with Gasteiger partial charge in [0.05, 0.1) is 12.9 Å². The fourth-order valence-electron chi connectivity index (χ4n) is 2.55. The summed E-state index contributed by atoms with van der Waals surface area (Å²) in [5.41, 5.74) is 0.353. The van der Waals surface area contributed by atoms with Crippen molar-refractivity contribution in [3.63, 3.8) is 0 Å². The van der Waals surface area contributed by atoms with Gasteiger partial charge in [-0.25, -0.2) is 0 Å². The highest BCUT2D eigenvalue weighted by molar-refractivity contribution is 5.79. The molecule has 0 amide bonds. The Morgan fingerprint density at radius 2 is 2.12 bits per heavy atom. The predicted molar refractivity (Wildman–Crippen MR) is 95.4 cm³/mol. The van der Waals surface area contributed by atoms with Crippen LogP contribution in [0.25, 0.3) is 0 Å². The van der Waals surface area contributed by atoms with Gasteiger partial charge in [-0.1, -0.05) is 0 Å². The molecule has 0 radical (unpaired) electrons. The lowest BCUT2D eigenvalue weighted by Gasteiger charge is -2.16. The van der Waals surface area contributed by atoms with Gasteiger partial charge in [0.15, 0.2) is 5.96 Å². The van der Waals surface area contributed by atoms with Crippen molar-refractivity contribution in [3.05, 3.63) is 24.2 Å². The molecule has 1 heterocycles. The van der Waals surface area contributed by atoms with Crippen LogP contribution < -0.4 is 10.6 Å². The van der Waals surface area contributed by atoms with Crippen LogP contribution >= 0.6 is 0 Å². The zero-order valence-electron chi connectivity index (χ0n) is 15.0. The van der Waals surface area contributed by atoms with Crippen LogP contribution in [0.3, 0.4) is 0 Å². The Bertz CT molecular complexity index is 470. The Morgan fingerprint density at radius 1 is 1.29 bits per heavy atom. The van der Waals surface area contributed by atoms with Crippen LogP contribution in [-0.4, -0.2) is 52.5 Å². The molecule has 6 heteroatoms. The monoisotopic (exact) mass is 337 g/mol. The lowest BCUT2D eigenvalue weighted by atomic mass is 10.0. The number of rotatable bonds is 12. The lowest BCUT2D eigenvalue weighted by Crippen LogP contribution is -2.40. The van der Waals surface area contributed by atoms with Crippen molar-refractivity contribution in [2.45, 2.75) is 32.6 Å². The number of hydrogen-bond acceptors (Lipinski definition) is 4. The zero-order valence-corrected chi connectivity index (χ0v) is 15.0. The number of furan rings is 1. The highest BCUT2D eigenvalue weighted by Crippen LogP contribution is 2.48. The molecule has 0 saturated heterocycles. The zero-order chi connectivity index (χ0) is 17.1. The van der Waals surface area contributed by atoms with E-state index in [2.05, 4.69) is 10.6 Å². The minimum absolute atomic E-state index is 0.353. The second kappa shape index (κ2) is 10.4. The van der Waals surface area contributed by atoms with Crippen LogP contribution in [0.15, 0.2) is 27.8 Å². The first-order chi connectivity index (χ1) is 11.8. The van der Waals surface area contributed by atoms with Gasteiger partial charge >= 0.3 is 0 Å². The predicted octanol–water partition coefficient (Wildman–Crippen LogP) is 2.21. The molecule has 0 bridgehead atoms. The summed E-state index contributed by atoms with van der Waals surface area (Å²) in [5, 5.41) is 6.70. The molecule has 2 rings (SSSR count). The van der Waals surface area contributed by atoms with Gasteiger partial charge in [-0.3, -0.25) is 4.99 Å². The Morgan fingerprint density at radius 3 is 2.79 bits per heavy atom. The summed E-state index contributed by atoms with van der Waals surface area (Å²) in [4.78, 5) is 4.78. The second-order valence-corrected chi connectivity index (χ2v) is 6.29. The number of nitrogens with one attached hydrogen (secondary N) is 2. The van der Waals surface area contributed by atoms with Crippen molar-refractivity contribution in [2.24, 2.45) is 10.4 Å². The molecule has 0 spiro atoms. The van der Waals surface area contributed by atoms with Crippen LogP contribution in [0.5, 0.6) is 0 Å². The van der Waals surface area contributed by atoms with E-state index in [-0.39, 0.29) is 0 Å². The normalized spacial score (nSPS) is 16.2. The highest BCUT2D eigenvalue weighted by atomic mass is 16.5. The smallest absolute Gasteiger partial charge is 0.191 e. The van der Waals surface area contributed by atoms with Crippen molar-refractivity contribution in [3.8, 4) is 0 Å². The van der Waals surface area contributed by atoms with Crippen LogP contribution in [0.2, 0.25) is 0 Å². The Hall–Kier alpha value is -1.53. The molecule has 0 atom stereocenters. The van der Waals surface area contributed by atoms with E-state index in [1.807, 2.05) is 19.1 Å². The van der Waals surface area contributed by atoms with E-state index in [9.17, 15) is 0 Å². The molecule has 6 nitrogen and oxygen atoms in total. The van der Waals surface area contributed by atoms with Gasteiger partial charge in [-0.15, -0.1) is 0 Å². The van der Waals surface area contributed by atoms with Crippen LogP contribution in [0.4, 0.5) is 0 Å². The van der Waals surface area contributed by atoms with E-state index < -0.39 is 0 Å². The minimum atomic E-state index is 0.353. The first kappa shape index (κ1) is 18.8. The van der Waals surface area contributed by atoms with Gasteiger partial charge in [0.1, 0.15) is 5.76 Å². The largest absolute Gasteiger partial charge is 0.469 e. The third-order valence-electron chi connectivity index (χ3n) is 4.35. The van der Waals surface area contributed by atoms with Crippen molar-refractivity contribution in [2.75, 3.05) is 46.6 Å². The molecular weight excluding hydrogens is 306 g/mol. The van der Waals surface area contributed by atoms with Crippen molar-refractivity contribution < 1.29 is 13.9 Å². The average Bonchev–Trinajstić information content (AvgIpc) is 3.16. The average molecular weight is 337 g/mol. The van der Waals surface area contributed by atoms with Gasteiger partial charge in [-0.2, -0.15) is 0 Å². The number of methoxy groups -OCH3 is 1. The molecule has 0 aromatic carbocycles. The third kappa shape index (κ3) is 6.93. The molecule has 1 aliphatic carbocycles. The van der Waals surface area contributed by atoms with Crippen LogP contribution in [-0.2, 0) is 15.9 Å². The molecular formula is C18H31N3O3. The summed E-state index contributed by atoms with van der Waals surface area (Å²) in [5.74, 6) is 1.83. The van der Waals surface area contributed by atoms with Crippen LogP contribution in [0.1, 0.15) is 31.9 Å². The summed E-state index contributed by atoms with van der Waals surface area (Å²) in [6.45, 7) is 6.71. The molecule has 136 valence electrons. The summed E-state index contributed by atoms with van der Waals surface area (Å²) in [6.07, 6.45) is 6.15. The third-order valence-corrected chi connectivity index (χ3v) is 4.35. The van der Waals surface area contributed by atoms with Crippen molar-refractivity contribution in [1.29, 1.82) is 0 Å². The maximum atomic E-state index is 5.50. The summed E-state index contributed by atoms with van der Waals surface area (Å²) in [6, 6.07) is 3.90. The highest BCUT2D eigenvalue weighted by Gasteiger charge is 2.41. The van der Waals surface area contributed by atoms with Gasteiger partial charge in [-0.05, 0) is 43.7 Å². The van der Waals surface area contributed by atoms with E-state index in [0.717, 1.165) is 57.4 Å². The molecule has 1 aromatic heterocycles. The molecule has 24 heavy (non-hydrogen) atoms. The van der Waals surface area contributed by atoms with Crippen molar-refractivity contribution >= 4 is 5.96 Å². The molecule has 0 unspecified atom stereocenters. The topological polar surface area (TPSA) is 68.0 Å². The first-order valence-corrected chi connectivity index (χ1v) is 8.89. The number of ether oxygens (including phenoxy) is 2. The minimum Gasteiger partial charge on any atom is -0.469 e. The van der Waals surface area contributed by atoms with E-state index >= 15 is 0 Å². The van der Waals surface area contributed by atoms with E-state index in [1.54, 1.807) is 13.4 Å². The molecule has 1 aromatic rings. The number of guanidine groups is 1. The summed E-state index contributed by atoms with van der Waals surface area (Å²) >= 11 is 0. The second-order valence-electron chi connectivity index (χ2n) is 6.29. The van der Waals surface area contributed by atoms with Crippen molar-refractivity contribution in [1.82, 2.24) is 10.6 Å². The van der Waals surface area contributed by atoms with E-state index in [1.165, 1.54) is 12.8 Å². The lowest BCUT2D eigenvalue weighted by molar-refractivity contribution is 0.129. The Kier molecular flexibility index (Phi) is 8.12. The SMILES string of the molecule is CCOCCC1(CN=C(NCCOC)NCCc2ccco2)CC1. The van der Waals surface area contributed by atoms with Gasteiger partial charge in [0.2, 0.25) is 0 Å². The number of aliphatic imine (C=N–C) groups is 1. The standard InChI is InChI=1S/C18H31N3O3/c1-3-23-13-9-18(7-8-18)15-21-17(20-11-14-22-2)19-10-6-16-5-4-12-24-16/h4-5,12H,3,6-11,13-15H2,1-2H3,(H2,19,20,21). The van der Waals surface area contributed by atoms with Gasteiger partial charge in [0.25, 0.3) is 0 Å². The van der Waals surface area contributed by atoms with Gasteiger partial charge in [0, 0.05) is 46.4 Å². The Labute approximate surface area is 145 Å². The molecule has 1 saturated carbocycles. The van der Waals surface area contributed by atoms with E-state index in [0.29, 0.717) is 12.0 Å². The van der Waals surface area contributed by atoms with Crippen LogP contribution in [0, 0.1) is 5.41 Å². The summed E-state index contributed by atoms with van der Waals surface area (Å²) in [7, 11) is 1.70. The fraction of sp³-hybridized carbons (Fsp3) is 0.722. The number of nitrogens with zero attached hydrogens (tertiary/aromatic N) is 1. The molecule has 2 N–H and O–H groups in total. The van der Waals surface area contributed by atoms with Gasteiger partial charge < -0.3 is 24.5 Å². The quantitative estimate of drug-likeness (QED) is 0.348.